The third kappa shape index (κ3) is 3.25. The van der Waals surface area contributed by atoms with Gasteiger partial charge in [0.2, 0.25) is 0 Å². The van der Waals surface area contributed by atoms with Gasteiger partial charge in [0, 0.05) is 5.41 Å². The number of phenols is 1. The predicted molar refractivity (Wildman–Crippen MR) is 79.9 cm³/mol. The second kappa shape index (κ2) is 5.89. The van der Waals surface area contributed by atoms with Crippen molar-refractivity contribution in [2.75, 3.05) is 0 Å². The van der Waals surface area contributed by atoms with Crippen molar-refractivity contribution in [1.29, 1.82) is 0 Å². The van der Waals surface area contributed by atoms with Crippen LogP contribution in [-0.2, 0) is 15.0 Å². The summed E-state index contributed by atoms with van der Waals surface area (Å²) in [6.07, 6.45) is 0. The van der Waals surface area contributed by atoms with E-state index in [1.807, 2.05) is 26.0 Å². The molecule has 0 saturated heterocycles. The number of benzene rings is 2. The van der Waals surface area contributed by atoms with Gasteiger partial charge in [0.05, 0.1) is 0 Å². The van der Waals surface area contributed by atoms with Gasteiger partial charge in [-0.25, -0.2) is 9.59 Å². The summed E-state index contributed by atoms with van der Waals surface area (Å²) in [4.78, 5) is 21.4. The fourth-order valence-corrected chi connectivity index (χ4v) is 2.14. The van der Waals surface area contributed by atoms with Gasteiger partial charge >= 0.3 is 11.9 Å². The molecule has 2 N–H and O–H groups in total. The number of carbonyl (C=O) groups is 2. The smallest absolute Gasteiger partial charge is 0.422 e. The molecule has 0 aliphatic heterocycles. The standard InChI is InChI=1S/C17H16O5/c1-17(2,11-3-7-13(18)8-4-11)12-5-9-14(10-6-12)22-16(21)15(19)20/h3-10,18H,1-2H3,(H,19,20). The van der Waals surface area contributed by atoms with E-state index in [4.69, 9.17) is 9.84 Å². The molecule has 2 aromatic rings. The molecule has 2 rings (SSSR count). The van der Waals surface area contributed by atoms with Crippen molar-refractivity contribution < 1.29 is 24.5 Å². The zero-order valence-corrected chi connectivity index (χ0v) is 12.2. The van der Waals surface area contributed by atoms with Crippen molar-refractivity contribution in [2.45, 2.75) is 19.3 Å². The van der Waals surface area contributed by atoms with E-state index in [1.165, 1.54) is 0 Å². The highest BCUT2D eigenvalue weighted by atomic mass is 16.6. The monoisotopic (exact) mass is 300 g/mol. The van der Waals surface area contributed by atoms with Crippen molar-refractivity contribution in [3.8, 4) is 11.5 Å². The number of hydrogen-bond donors (Lipinski definition) is 2. The van der Waals surface area contributed by atoms with Crippen LogP contribution in [0.15, 0.2) is 48.5 Å². The Morgan fingerprint density at radius 2 is 1.36 bits per heavy atom. The van der Waals surface area contributed by atoms with Gasteiger partial charge < -0.3 is 14.9 Å². The van der Waals surface area contributed by atoms with E-state index in [1.54, 1.807) is 36.4 Å². The Balaban J connectivity index is 2.23. The molecular weight excluding hydrogens is 284 g/mol. The molecule has 0 bridgehead atoms. The molecule has 5 nitrogen and oxygen atoms in total. The van der Waals surface area contributed by atoms with E-state index in [-0.39, 0.29) is 16.9 Å². The van der Waals surface area contributed by atoms with Crippen LogP contribution in [0.3, 0.4) is 0 Å². The zero-order chi connectivity index (χ0) is 16.3. The van der Waals surface area contributed by atoms with Crippen LogP contribution in [0, 0.1) is 0 Å². The van der Waals surface area contributed by atoms with Crippen molar-refractivity contribution in [3.63, 3.8) is 0 Å². The third-order valence-electron chi connectivity index (χ3n) is 3.55. The van der Waals surface area contributed by atoms with Gasteiger partial charge in [-0.05, 0) is 35.4 Å². The van der Waals surface area contributed by atoms with Crippen molar-refractivity contribution in [1.82, 2.24) is 0 Å². The lowest BCUT2D eigenvalue weighted by Crippen LogP contribution is -2.20. The van der Waals surface area contributed by atoms with Crippen LogP contribution >= 0.6 is 0 Å². The molecule has 0 unspecified atom stereocenters. The molecule has 0 aromatic heterocycles. The average molecular weight is 300 g/mol. The molecule has 0 aliphatic carbocycles. The van der Waals surface area contributed by atoms with Crippen LogP contribution in [0.2, 0.25) is 0 Å². The molecule has 0 saturated carbocycles. The van der Waals surface area contributed by atoms with E-state index in [0.717, 1.165) is 11.1 Å². The lowest BCUT2D eigenvalue weighted by molar-refractivity contribution is -0.158. The summed E-state index contributed by atoms with van der Waals surface area (Å²) in [5.74, 6) is -2.56. The van der Waals surface area contributed by atoms with Crippen molar-refractivity contribution >= 4 is 11.9 Å². The minimum atomic E-state index is -1.63. The summed E-state index contributed by atoms with van der Waals surface area (Å²) in [5.41, 5.74) is 1.66. The molecule has 0 aliphatic rings. The topological polar surface area (TPSA) is 83.8 Å². The maximum Gasteiger partial charge on any atom is 0.422 e. The SMILES string of the molecule is CC(C)(c1ccc(O)cc1)c1ccc(OC(=O)C(=O)O)cc1. The average Bonchev–Trinajstić information content (AvgIpc) is 2.48. The summed E-state index contributed by atoms with van der Waals surface area (Å²) in [5, 5.41) is 17.9. The Morgan fingerprint density at radius 1 is 0.909 bits per heavy atom. The zero-order valence-electron chi connectivity index (χ0n) is 12.2. The number of esters is 1. The van der Waals surface area contributed by atoms with Crippen molar-refractivity contribution in [2.24, 2.45) is 0 Å². The maximum absolute atomic E-state index is 11.0. The Kier molecular flexibility index (Phi) is 4.17. The lowest BCUT2D eigenvalue weighted by atomic mass is 9.78. The molecule has 0 fully saturated rings. The number of carbonyl (C=O) groups excluding carboxylic acids is 1. The quantitative estimate of drug-likeness (QED) is 0.517. The van der Waals surface area contributed by atoms with Crippen LogP contribution in [0.5, 0.6) is 11.5 Å². The van der Waals surface area contributed by atoms with Gasteiger partial charge in [0.1, 0.15) is 11.5 Å². The molecule has 5 heteroatoms. The molecular formula is C17H16O5. The van der Waals surface area contributed by atoms with E-state index >= 15 is 0 Å². The first kappa shape index (κ1) is 15.6. The fourth-order valence-electron chi connectivity index (χ4n) is 2.14. The highest BCUT2D eigenvalue weighted by Gasteiger charge is 2.23. The van der Waals surface area contributed by atoms with Gasteiger partial charge in [-0.3, -0.25) is 0 Å². The Labute approximate surface area is 127 Å². The van der Waals surface area contributed by atoms with Crippen LogP contribution in [0.25, 0.3) is 0 Å². The van der Waals surface area contributed by atoms with Crippen LogP contribution in [0.4, 0.5) is 0 Å². The summed E-state index contributed by atoms with van der Waals surface area (Å²) in [6, 6.07) is 13.6. The molecule has 0 amide bonds. The van der Waals surface area contributed by atoms with Crippen molar-refractivity contribution in [3.05, 3.63) is 59.7 Å². The molecule has 2 aromatic carbocycles. The molecule has 0 atom stereocenters. The Hall–Kier alpha value is -2.82. The Morgan fingerprint density at radius 3 is 1.82 bits per heavy atom. The lowest BCUT2D eigenvalue weighted by Gasteiger charge is -2.26. The molecule has 114 valence electrons. The van der Waals surface area contributed by atoms with Crippen LogP contribution in [-0.4, -0.2) is 22.2 Å². The normalized spacial score (nSPS) is 11.0. The first-order valence-electron chi connectivity index (χ1n) is 6.66. The maximum atomic E-state index is 11.0. The van der Waals surface area contributed by atoms with E-state index in [0.29, 0.717) is 0 Å². The van der Waals surface area contributed by atoms with Gasteiger partial charge in [0.25, 0.3) is 0 Å². The number of hydrogen-bond acceptors (Lipinski definition) is 4. The van der Waals surface area contributed by atoms with E-state index in [2.05, 4.69) is 0 Å². The molecule has 0 radical (unpaired) electrons. The number of aliphatic carboxylic acids is 1. The summed E-state index contributed by atoms with van der Waals surface area (Å²) >= 11 is 0. The van der Waals surface area contributed by atoms with E-state index < -0.39 is 11.9 Å². The first-order chi connectivity index (χ1) is 10.3. The van der Waals surface area contributed by atoms with Crippen LogP contribution < -0.4 is 4.74 Å². The number of ether oxygens (including phenoxy) is 1. The molecule has 22 heavy (non-hydrogen) atoms. The number of rotatable bonds is 3. The Bertz CT molecular complexity index is 684. The predicted octanol–water partition coefficient (Wildman–Crippen LogP) is 2.71. The highest BCUT2D eigenvalue weighted by Crippen LogP contribution is 2.33. The van der Waals surface area contributed by atoms with Gasteiger partial charge in [-0.2, -0.15) is 0 Å². The van der Waals surface area contributed by atoms with Gasteiger partial charge in [-0.15, -0.1) is 0 Å². The summed E-state index contributed by atoms with van der Waals surface area (Å²) < 4.78 is 4.69. The molecule has 0 heterocycles. The second-order valence-corrected chi connectivity index (χ2v) is 5.39. The minimum absolute atomic E-state index is 0.178. The fraction of sp³-hybridized carbons (Fsp3) is 0.176. The second-order valence-electron chi connectivity index (χ2n) is 5.39. The highest BCUT2D eigenvalue weighted by molar-refractivity contribution is 6.29. The third-order valence-corrected chi connectivity index (χ3v) is 3.55. The minimum Gasteiger partial charge on any atom is -0.508 e. The first-order valence-corrected chi connectivity index (χ1v) is 6.66. The summed E-state index contributed by atoms with van der Waals surface area (Å²) in [6.45, 7) is 4.05. The van der Waals surface area contributed by atoms with E-state index in [9.17, 15) is 14.7 Å². The van der Waals surface area contributed by atoms with Gasteiger partial charge in [-0.1, -0.05) is 38.1 Å². The largest absolute Gasteiger partial charge is 0.508 e. The summed E-state index contributed by atoms with van der Waals surface area (Å²) in [7, 11) is 0. The number of phenolic OH excluding ortho intramolecular Hbond substituents is 1. The van der Waals surface area contributed by atoms with Gasteiger partial charge in [0.15, 0.2) is 0 Å². The van der Waals surface area contributed by atoms with Crippen LogP contribution in [0.1, 0.15) is 25.0 Å². The molecule has 0 spiro atoms. The number of aromatic hydroxyl groups is 1. The number of carboxylic acid groups (broad SMARTS) is 1. The number of carboxylic acids is 1.